The van der Waals surface area contributed by atoms with E-state index in [1.165, 1.54) is 0 Å². The highest BCUT2D eigenvalue weighted by molar-refractivity contribution is 5.97. The van der Waals surface area contributed by atoms with E-state index in [4.69, 9.17) is 6.42 Å². The lowest BCUT2D eigenvalue weighted by molar-refractivity contribution is -0.153. The van der Waals surface area contributed by atoms with E-state index in [1.54, 1.807) is 4.90 Å². The molecule has 1 N–H and O–H groups in total. The summed E-state index contributed by atoms with van der Waals surface area (Å²) in [6.45, 7) is 7.68. The van der Waals surface area contributed by atoms with Crippen LogP contribution < -0.4 is 5.32 Å². The summed E-state index contributed by atoms with van der Waals surface area (Å²) in [5, 5.41) is 2.79. The van der Waals surface area contributed by atoms with Crippen LogP contribution in [0.3, 0.4) is 0 Å². The SMILES string of the molecule is C#CCC(C)N1C(=O)C(CC)NC(=O)C1C(C)C. The van der Waals surface area contributed by atoms with Gasteiger partial charge in [0.15, 0.2) is 0 Å². The summed E-state index contributed by atoms with van der Waals surface area (Å²) in [4.78, 5) is 26.2. The Balaban J connectivity index is 3.05. The van der Waals surface area contributed by atoms with Gasteiger partial charge in [-0.05, 0) is 19.3 Å². The third-order valence-electron chi connectivity index (χ3n) is 3.37. The van der Waals surface area contributed by atoms with Gasteiger partial charge in [-0.3, -0.25) is 9.59 Å². The molecule has 18 heavy (non-hydrogen) atoms. The van der Waals surface area contributed by atoms with E-state index in [-0.39, 0.29) is 23.8 Å². The van der Waals surface area contributed by atoms with E-state index in [0.717, 1.165) is 0 Å². The fraction of sp³-hybridized carbons (Fsp3) is 0.714. The highest BCUT2D eigenvalue weighted by Gasteiger charge is 2.42. The molecule has 0 radical (unpaired) electrons. The molecule has 3 unspecified atom stereocenters. The lowest BCUT2D eigenvalue weighted by atomic mass is 9.94. The van der Waals surface area contributed by atoms with Gasteiger partial charge in [-0.25, -0.2) is 0 Å². The predicted octanol–water partition coefficient (Wildman–Crippen LogP) is 1.16. The summed E-state index contributed by atoms with van der Waals surface area (Å²) in [5.41, 5.74) is 0. The van der Waals surface area contributed by atoms with Crippen molar-refractivity contribution in [3.05, 3.63) is 0 Å². The molecule has 1 fully saturated rings. The lowest BCUT2D eigenvalue weighted by Gasteiger charge is -2.43. The van der Waals surface area contributed by atoms with E-state index in [0.29, 0.717) is 12.8 Å². The van der Waals surface area contributed by atoms with Crippen molar-refractivity contribution in [2.24, 2.45) is 5.92 Å². The van der Waals surface area contributed by atoms with E-state index < -0.39 is 12.1 Å². The first-order valence-electron chi connectivity index (χ1n) is 6.50. The predicted molar refractivity (Wildman–Crippen MR) is 70.6 cm³/mol. The zero-order valence-corrected chi connectivity index (χ0v) is 11.6. The summed E-state index contributed by atoms with van der Waals surface area (Å²) >= 11 is 0. The summed E-state index contributed by atoms with van der Waals surface area (Å²) in [6.07, 6.45) is 6.39. The molecule has 100 valence electrons. The Morgan fingerprint density at radius 2 is 2.00 bits per heavy atom. The normalized spacial score (nSPS) is 25.9. The minimum Gasteiger partial charge on any atom is -0.343 e. The Morgan fingerprint density at radius 3 is 2.44 bits per heavy atom. The number of amides is 2. The Bertz CT molecular complexity index is 370. The molecule has 0 spiro atoms. The second-order valence-corrected chi connectivity index (χ2v) is 5.16. The number of nitrogens with zero attached hydrogens (tertiary/aromatic N) is 1. The largest absolute Gasteiger partial charge is 0.343 e. The molecular formula is C14H22N2O2. The Hall–Kier alpha value is -1.50. The quantitative estimate of drug-likeness (QED) is 0.761. The third-order valence-corrected chi connectivity index (χ3v) is 3.37. The number of nitrogens with one attached hydrogen (secondary N) is 1. The number of rotatable bonds is 4. The van der Waals surface area contributed by atoms with Gasteiger partial charge in [0.2, 0.25) is 11.8 Å². The molecule has 0 aromatic carbocycles. The summed E-state index contributed by atoms with van der Waals surface area (Å²) in [7, 11) is 0. The number of hydrogen-bond donors (Lipinski definition) is 1. The highest BCUT2D eigenvalue weighted by atomic mass is 16.2. The van der Waals surface area contributed by atoms with Crippen LogP contribution in [0.2, 0.25) is 0 Å². The van der Waals surface area contributed by atoms with Gasteiger partial charge in [0.1, 0.15) is 12.1 Å². The molecule has 0 saturated carbocycles. The second-order valence-electron chi connectivity index (χ2n) is 5.16. The van der Waals surface area contributed by atoms with Crippen LogP contribution in [0.1, 0.15) is 40.5 Å². The molecule has 0 aliphatic carbocycles. The smallest absolute Gasteiger partial charge is 0.246 e. The van der Waals surface area contributed by atoms with E-state index in [1.807, 2.05) is 27.7 Å². The van der Waals surface area contributed by atoms with Gasteiger partial charge in [-0.2, -0.15) is 0 Å². The highest BCUT2D eigenvalue weighted by Crippen LogP contribution is 2.22. The molecule has 2 amide bonds. The Kier molecular flexibility index (Phi) is 4.77. The second kappa shape index (κ2) is 5.90. The van der Waals surface area contributed by atoms with Gasteiger partial charge in [0.25, 0.3) is 0 Å². The van der Waals surface area contributed by atoms with Crippen molar-refractivity contribution in [1.82, 2.24) is 10.2 Å². The number of carbonyl (C=O) groups excluding carboxylic acids is 2. The number of carbonyl (C=O) groups is 2. The Labute approximate surface area is 109 Å². The standard InChI is InChI=1S/C14H22N2O2/c1-6-8-10(5)16-12(9(3)4)13(17)15-11(7-2)14(16)18/h1,9-12H,7-8H2,2-5H3,(H,15,17). The first-order valence-corrected chi connectivity index (χ1v) is 6.50. The molecule has 4 nitrogen and oxygen atoms in total. The molecule has 0 aromatic heterocycles. The van der Waals surface area contributed by atoms with Crippen LogP contribution in [0, 0.1) is 18.3 Å². The first kappa shape index (κ1) is 14.6. The molecule has 1 heterocycles. The lowest BCUT2D eigenvalue weighted by Crippen LogP contribution is -2.66. The van der Waals surface area contributed by atoms with E-state index in [2.05, 4.69) is 11.2 Å². The number of hydrogen-bond acceptors (Lipinski definition) is 2. The van der Waals surface area contributed by atoms with E-state index >= 15 is 0 Å². The zero-order valence-electron chi connectivity index (χ0n) is 11.6. The molecule has 1 rings (SSSR count). The van der Waals surface area contributed by atoms with Crippen LogP contribution in [-0.4, -0.2) is 34.8 Å². The van der Waals surface area contributed by atoms with E-state index in [9.17, 15) is 9.59 Å². The number of terminal acetylenes is 1. The first-order chi connectivity index (χ1) is 8.43. The summed E-state index contributed by atoms with van der Waals surface area (Å²) < 4.78 is 0. The summed E-state index contributed by atoms with van der Waals surface area (Å²) in [6, 6.07) is -0.925. The van der Waals surface area contributed by atoms with Crippen LogP contribution in [-0.2, 0) is 9.59 Å². The van der Waals surface area contributed by atoms with Crippen molar-refractivity contribution in [3.8, 4) is 12.3 Å². The maximum atomic E-state index is 12.4. The molecular weight excluding hydrogens is 228 g/mol. The Morgan fingerprint density at radius 1 is 1.39 bits per heavy atom. The monoisotopic (exact) mass is 250 g/mol. The minimum atomic E-state index is -0.413. The van der Waals surface area contributed by atoms with Crippen LogP contribution >= 0.6 is 0 Å². The molecule has 0 bridgehead atoms. The molecule has 3 atom stereocenters. The zero-order chi connectivity index (χ0) is 13.9. The van der Waals surface area contributed by atoms with Crippen LogP contribution in [0.25, 0.3) is 0 Å². The van der Waals surface area contributed by atoms with Crippen LogP contribution in [0.15, 0.2) is 0 Å². The van der Waals surface area contributed by atoms with Crippen molar-refractivity contribution in [1.29, 1.82) is 0 Å². The van der Waals surface area contributed by atoms with Gasteiger partial charge in [-0.1, -0.05) is 20.8 Å². The van der Waals surface area contributed by atoms with Crippen molar-refractivity contribution >= 4 is 11.8 Å². The van der Waals surface area contributed by atoms with Gasteiger partial charge >= 0.3 is 0 Å². The third kappa shape index (κ3) is 2.66. The molecule has 1 aliphatic heterocycles. The van der Waals surface area contributed by atoms with Crippen LogP contribution in [0.5, 0.6) is 0 Å². The molecule has 1 aliphatic rings. The van der Waals surface area contributed by atoms with Crippen molar-refractivity contribution in [3.63, 3.8) is 0 Å². The van der Waals surface area contributed by atoms with Gasteiger partial charge < -0.3 is 10.2 Å². The average molecular weight is 250 g/mol. The van der Waals surface area contributed by atoms with Gasteiger partial charge in [0, 0.05) is 12.5 Å². The average Bonchev–Trinajstić information content (AvgIpc) is 2.30. The van der Waals surface area contributed by atoms with Crippen molar-refractivity contribution in [2.45, 2.75) is 58.7 Å². The van der Waals surface area contributed by atoms with Crippen molar-refractivity contribution < 1.29 is 9.59 Å². The topological polar surface area (TPSA) is 49.4 Å². The van der Waals surface area contributed by atoms with Crippen LogP contribution in [0.4, 0.5) is 0 Å². The number of piperazine rings is 1. The van der Waals surface area contributed by atoms with Gasteiger partial charge in [-0.15, -0.1) is 12.3 Å². The van der Waals surface area contributed by atoms with Gasteiger partial charge in [0.05, 0.1) is 0 Å². The molecule has 4 heteroatoms. The molecule has 0 aromatic rings. The maximum Gasteiger partial charge on any atom is 0.246 e. The fourth-order valence-electron chi connectivity index (χ4n) is 2.42. The van der Waals surface area contributed by atoms with Crippen molar-refractivity contribution in [2.75, 3.05) is 0 Å². The fourth-order valence-corrected chi connectivity index (χ4v) is 2.42. The molecule has 1 saturated heterocycles. The minimum absolute atomic E-state index is 0.0152. The maximum absolute atomic E-state index is 12.4. The summed E-state index contributed by atoms with van der Waals surface area (Å²) in [5.74, 6) is 2.56.